The highest BCUT2D eigenvalue weighted by Crippen LogP contribution is 2.48. The van der Waals surface area contributed by atoms with Crippen LogP contribution in [0.25, 0.3) is 0 Å². The van der Waals surface area contributed by atoms with Crippen LogP contribution in [-0.4, -0.2) is 28.3 Å². The molecular weight excluding hydrogens is 246 g/mol. The molecule has 0 radical (unpaired) electrons. The number of nitrogens with one attached hydrogen (secondary N) is 1. The second-order valence-corrected chi connectivity index (χ2v) is 6.55. The molecule has 0 aliphatic heterocycles. The molecule has 1 amide bonds. The van der Waals surface area contributed by atoms with Gasteiger partial charge in [-0.3, -0.25) is 4.79 Å². The van der Waals surface area contributed by atoms with Gasteiger partial charge >= 0.3 is 12.1 Å². The molecule has 1 rings (SSSR count). The molecule has 0 spiro atoms. The summed E-state index contributed by atoms with van der Waals surface area (Å²) in [6.45, 7) is 8.98. The Hall–Kier alpha value is -1.26. The maximum Gasteiger partial charge on any atom is 0.408 e. The first-order chi connectivity index (χ1) is 8.56. The van der Waals surface area contributed by atoms with Gasteiger partial charge in [0.15, 0.2) is 0 Å². The van der Waals surface area contributed by atoms with E-state index >= 15 is 0 Å². The molecule has 5 heteroatoms. The monoisotopic (exact) mass is 271 g/mol. The summed E-state index contributed by atoms with van der Waals surface area (Å²) in [6, 6.07) is 0. The summed E-state index contributed by atoms with van der Waals surface area (Å²) in [5.41, 5.74) is -2.24. The predicted molar refractivity (Wildman–Crippen MR) is 72.0 cm³/mol. The van der Waals surface area contributed by atoms with E-state index in [2.05, 4.69) is 5.32 Å². The summed E-state index contributed by atoms with van der Waals surface area (Å²) >= 11 is 0. The summed E-state index contributed by atoms with van der Waals surface area (Å²) in [5.74, 6) is -0.858. The number of carboxylic acids is 1. The fourth-order valence-electron chi connectivity index (χ4n) is 2.93. The van der Waals surface area contributed by atoms with E-state index in [1.165, 1.54) is 0 Å². The first kappa shape index (κ1) is 15.8. The summed E-state index contributed by atoms with van der Waals surface area (Å²) in [5, 5.41) is 12.3. The van der Waals surface area contributed by atoms with Crippen molar-refractivity contribution in [3.05, 3.63) is 0 Å². The standard InChI is InChI=1S/C14H25NO4/c1-6-14(15-11(18)19-12(2,3)4)9-7-8-13(14,5)10(16)17/h6-9H2,1-5H3,(H,15,18)(H,16,17). The van der Waals surface area contributed by atoms with Crippen molar-refractivity contribution in [1.82, 2.24) is 5.32 Å². The minimum Gasteiger partial charge on any atom is -0.481 e. The fraction of sp³-hybridized carbons (Fsp3) is 0.857. The summed E-state index contributed by atoms with van der Waals surface area (Å²) in [6.07, 6.45) is 2.09. The number of carbonyl (C=O) groups is 2. The van der Waals surface area contributed by atoms with Crippen LogP contribution in [-0.2, 0) is 9.53 Å². The first-order valence-corrected chi connectivity index (χ1v) is 6.81. The van der Waals surface area contributed by atoms with E-state index in [-0.39, 0.29) is 0 Å². The van der Waals surface area contributed by atoms with Crippen LogP contribution in [0, 0.1) is 5.41 Å². The quantitative estimate of drug-likeness (QED) is 0.827. The highest BCUT2D eigenvalue weighted by atomic mass is 16.6. The lowest BCUT2D eigenvalue weighted by atomic mass is 9.71. The largest absolute Gasteiger partial charge is 0.481 e. The van der Waals surface area contributed by atoms with E-state index in [0.29, 0.717) is 19.3 Å². The third-order valence-electron chi connectivity index (χ3n) is 4.15. The minimum absolute atomic E-state index is 0.538. The van der Waals surface area contributed by atoms with Gasteiger partial charge in [-0.25, -0.2) is 4.79 Å². The molecule has 5 nitrogen and oxygen atoms in total. The normalized spacial score (nSPS) is 31.0. The van der Waals surface area contributed by atoms with Gasteiger partial charge < -0.3 is 15.2 Å². The fourth-order valence-corrected chi connectivity index (χ4v) is 2.93. The molecule has 2 N–H and O–H groups in total. The molecule has 2 unspecified atom stereocenters. The van der Waals surface area contributed by atoms with Crippen molar-refractivity contribution >= 4 is 12.1 Å². The highest BCUT2D eigenvalue weighted by Gasteiger charge is 2.56. The Morgan fingerprint density at radius 2 is 1.89 bits per heavy atom. The van der Waals surface area contributed by atoms with Gasteiger partial charge in [-0.05, 0) is 53.4 Å². The molecule has 1 fully saturated rings. The first-order valence-electron chi connectivity index (χ1n) is 6.81. The number of hydrogen-bond donors (Lipinski definition) is 2. The van der Waals surface area contributed by atoms with Crippen LogP contribution in [0.5, 0.6) is 0 Å². The lowest BCUT2D eigenvalue weighted by Crippen LogP contribution is -2.59. The summed E-state index contributed by atoms with van der Waals surface area (Å²) in [4.78, 5) is 23.5. The maximum atomic E-state index is 12.0. The number of rotatable bonds is 3. The molecule has 110 valence electrons. The topological polar surface area (TPSA) is 75.6 Å². The zero-order valence-corrected chi connectivity index (χ0v) is 12.5. The Bertz CT molecular complexity index is 374. The molecule has 0 heterocycles. The van der Waals surface area contributed by atoms with Crippen molar-refractivity contribution in [3.63, 3.8) is 0 Å². The van der Waals surface area contributed by atoms with Gasteiger partial charge in [0.25, 0.3) is 0 Å². The van der Waals surface area contributed by atoms with E-state index in [1.54, 1.807) is 27.7 Å². The van der Waals surface area contributed by atoms with Gasteiger partial charge in [0, 0.05) is 0 Å². The Morgan fingerprint density at radius 3 is 2.32 bits per heavy atom. The van der Waals surface area contributed by atoms with Crippen LogP contribution in [0.4, 0.5) is 4.79 Å². The van der Waals surface area contributed by atoms with Crippen molar-refractivity contribution < 1.29 is 19.4 Å². The van der Waals surface area contributed by atoms with Crippen LogP contribution >= 0.6 is 0 Å². The van der Waals surface area contributed by atoms with Crippen LogP contribution in [0.1, 0.15) is 60.3 Å². The highest BCUT2D eigenvalue weighted by molar-refractivity contribution is 5.79. The molecule has 0 aromatic heterocycles. The number of aliphatic carboxylic acids is 1. The Labute approximate surface area is 114 Å². The number of hydrogen-bond acceptors (Lipinski definition) is 3. The molecule has 0 aromatic carbocycles. The third-order valence-corrected chi connectivity index (χ3v) is 4.15. The van der Waals surface area contributed by atoms with Crippen molar-refractivity contribution in [2.24, 2.45) is 5.41 Å². The molecule has 1 saturated carbocycles. The Morgan fingerprint density at radius 1 is 1.32 bits per heavy atom. The SMILES string of the molecule is CCC1(NC(=O)OC(C)(C)C)CCCC1(C)C(=O)O. The Kier molecular flexibility index (Phi) is 4.17. The molecule has 1 aliphatic rings. The molecule has 0 saturated heterocycles. The van der Waals surface area contributed by atoms with E-state index < -0.39 is 28.6 Å². The van der Waals surface area contributed by atoms with Crippen LogP contribution < -0.4 is 5.32 Å². The lowest BCUT2D eigenvalue weighted by Gasteiger charge is -2.41. The zero-order valence-electron chi connectivity index (χ0n) is 12.5. The summed E-state index contributed by atoms with van der Waals surface area (Å²) < 4.78 is 5.26. The van der Waals surface area contributed by atoms with E-state index in [9.17, 15) is 14.7 Å². The number of ether oxygens (including phenoxy) is 1. The molecular formula is C14H25NO4. The van der Waals surface area contributed by atoms with Gasteiger partial charge in [-0.2, -0.15) is 0 Å². The Balaban J connectivity index is 2.93. The summed E-state index contributed by atoms with van der Waals surface area (Å²) in [7, 11) is 0. The molecule has 0 bridgehead atoms. The molecule has 1 aliphatic carbocycles. The number of carboxylic acid groups (broad SMARTS) is 1. The van der Waals surface area contributed by atoms with Gasteiger partial charge in [0.1, 0.15) is 5.60 Å². The predicted octanol–water partition coefficient (Wildman–Crippen LogP) is 2.93. The second kappa shape index (κ2) is 5.02. The number of carbonyl (C=O) groups excluding carboxylic acids is 1. The van der Waals surface area contributed by atoms with Gasteiger partial charge in [-0.1, -0.05) is 6.92 Å². The van der Waals surface area contributed by atoms with E-state index in [4.69, 9.17) is 4.74 Å². The number of alkyl carbamates (subject to hydrolysis) is 1. The van der Waals surface area contributed by atoms with Crippen LogP contribution in [0.2, 0.25) is 0 Å². The van der Waals surface area contributed by atoms with Gasteiger partial charge in [0.05, 0.1) is 11.0 Å². The van der Waals surface area contributed by atoms with Gasteiger partial charge in [0.2, 0.25) is 0 Å². The van der Waals surface area contributed by atoms with Crippen LogP contribution in [0.3, 0.4) is 0 Å². The smallest absolute Gasteiger partial charge is 0.408 e. The maximum absolute atomic E-state index is 12.0. The van der Waals surface area contributed by atoms with Crippen molar-refractivity contribution in [2.45, 2.75) is 71.4 Å². The zero-order chi connectivity index (χ0) is 14.9. The average Bonchev–Trinajstić information content (AvgIpc) is 2.55. The van der Waals surface area contributed by atoms with Crippen molar-refractivity contribution in [1.29, 1.82) is 0 Å². The van der Waals surface area contributed by atoms with E-state index in [1.807, 2.05) is 6.92 Å². The second-order valence-electron chi connectivity index (χ2n) is 6.55. The molecule has 19 heavy (non-hydrogen) atoms. The van der Waals surface area contributed by atoms with Gasteiger partial charge in [-0.15, -0.1) is 0 Å². The average molecular weight is 271 g/mol. The van der Waals surface area contributed by atoms with Crippen molar-refractivity contribution in [3.8, 4) is 0 Å². The third kappa shape index (κ3) is 3.01. The van der Waals surface area contributed by atoms with E-state index in [0.717, 1.165) is 6.42 Å². The molecule has 2 atom stereocenters. The van der Waals surface area contributed by atoms with Crippen molar-refractivity contribution in [2.75, 3.05) is 0 Å². The molecule has 0 aromatic rings. The van der Waals surface area contributed by atoms with Crippen LogP contribution in [0.15, 0.2) is 0 Å². The lowest BCUT2D eigenvalue weighted by molar-refractivity contribution is -0.151. The number of amides is 1. The minimum atomic E-state index is -0.932.